The van der Waals surface area contributed by atoms with Gasteiger partial charge < -0.3 is 5.73 Å². The minimum atomic E-state index is -3.64. The van der Waals surface area contributed by atoms with Gasteiger partial charge in [-0.05, 0) is 70.8 Å². The second-order valence-corrected chi connectivity index (χ2v) is 7.68. The lowest BCUT2D eigenvalue weighted by Gasteiger charge is -2.12. The topological polar surface area (TPSA) is 72.2 Å². The lowest BCUT2D eigenvalue weighted by atomic mass is 10.1. The van der Waals surface area contributed by atoms with E-state index in [1.165, 1.54) is 12.1 Å². The minimum Gasteiger partial charge on any atom is -0.399 e. The van der Waals surface area contributed by atoms with Crippen LogP contribution in [0.2, 0.25) is 0 Å². The molecule has 0 fully saturated rings. The van der Waals surface area contributed by atoms with Gasteiger partial charge in [-0.2, -0.15) is 11.3 Å². The SMILES string of the molecule is Cc1ccc(-c2ccsc2)cc1NS(=O)(=O)c1ccc(N)cc1. The Morgan fingerprint density at radius 3 is 2.39 bits per heavy atom. The monoisotopic (exact) mass is 344 g/mol. The van der Waals surface area contributed by atoms with Crippen molar-refractivity contribution < 1.29 is 8.42 Å². The molecule has 0 unspecified atom stereocenters. The number of aryl methyl sites for hydroxylation is 1. The highest BCUT2D eigenvalue weighted by Gasteiger charge is 2.15. The van der Waals surface area contributed by atoms with Crippen molar-refractivity contribution in [2.45, 2.75) is 11.8 Å². The molecular weight excluding hydrogens is 328 g/mol. The van der Waals surface area contributed by atoms with Crippen LogP contribution >= 0.6 is 11.3 Å². The molecule has 6 heteroatoms. The van der Waals surface area contributed by atoms with Crippen molar-refractivity contribution in [3.63, 3.8) is 0 Å². The highest BCUT2D eigenvalue weighted by molar-refractivity contribution is 7.92. The van der Waals surface area contributed by atoms with Crippen LogP contribution in [0.25, 0.3) is 11.1 Å². The third kappa shape index (κ3) is 3.38. The molecule has 3 rings (SSSR count). The molecule has 0 radical (unpaired) electrons. The largest absolute Gasteiger partial charge is 0.399 e. The molecule has 4 nitrogen and oxygen atoms in total. The van der Waals surface area contributed by atoms with Crippen LogP contribution in [0.1, 0.15) is 5.56 Å². The number of benzene rings is 2. The fourth-order valence-corrected chi connectivity index (χ4v) is 3.98. The maximum atomic E-state index is 12.5. The lowest BCUT2D eigenvalue weighted by molar-refractivity contribution is 0.601. The summed E-state index contributed by atoms with van der Waals surface area (Å²) in [6, 6.07) is 13.9. The lowest BCUT2D eigenvalue weighted by Crippen LogP contribution is -2.13. The van der Waals surface area contributed by atoms with Crippen LogP contribution in [0.5, 0.6) is 0 Å². The Labute approximate surface area is 139 Å². The van der Waals surface area contributed by atoms with Crippen LogP contribution in [0, 0.1) is 6.92 Å². The van der Waals surface area contributed by atoms with Crippen molar-refractivity contribution in [1.29, 1.82) is 0 Å². The molecule has 0 saturated carbocycles. The number of nitrogen functional groups attached to an aromatic ring is 1. The zero-order chi connectivity index (χ0) is 16.4. The van der Waals surface area contributed by atoms with Crippen LogP contribution in [0.3, 0.4) is 0 Å². The Bertz CT molecular complexity index is 916. The first-order valence-corrected chi connectivity index (χ1v) is 9.40. The second kappa shape index (κ2) is 6.06. The van der Waals surface area contributed by atoms with Crippen LogP contribution in [-0.2, 0) is 10.0 Å². The number of rotatable bonds is 4. The molecule has 1 aromatic heterocycles. The van der Waals surface area contributed by atoms with E-state index in [1.807, 2.05) is 41.9 Å². The van der Waals surface area contributed by atoms with Gasteiger partial charge in [0.15, 0.2) is 0 Å². The van der Waals surface area contributed by atoms with Crippen molar-refractivity contribution in [1.82, 2.24) is 0 Å². The van der Waals surface area contributed by atoms with Crippen molar-refractivity contribution >= 4 is 32.7 Å². The van der Waals surface area contributed by atoms with Crippen molar-refractivity contribution in [3.05, 3.63) is 64.9 Å². The summed E-state index contributed by atoms with van der Waals surface area (Å²) in [4.78, 5) is 0.187. The fourth-order valence-electron chi connectivity index (χ4n) is 2.19. The molecule has 0 amide bonds. The van der Waals surface area contributed by atoms with Crippen LogP contribution in [0.4, 0.5) is 11.4 Å². The maximum Gasteiger partial charge on any atom is 0.261 e. The quantitative estimate of drug-likeness (QED) is 0.700. The van der Waals surface area contributed by atoms with Crippen LogP contribution in [-0.4, -0.2) is 8.42 Å². The van der Waals surface area contributed by atoms with E-state index < -0.39 is 10.0 Å². The smallest absolute Gasteiger partial charge is 0.261 e. The van der Waals surface area contributed by atoms with Gasteiger partial charge in [-0.25, -0.2) is 8.42 Å². The molecule has 3 aromatic rings. The molecule has 0 aliphatic rings. The van der Waals surface area contributed by atoms with Crippen molar-refractivity contribution in [3.8, 4) is 11.1 Å². The summed E-state index contributed by atoms with van der Waals surface area (Å²) in [5.74, 6) is 0. The average Bonchev–Trinajstić information content (AvgIpc) is 3.04. The number of hydrogen-bond acceptors (Lipinski definition) is 4. The standard InChI is InChI=1S/C17H16N2O2S2/c1-12-2-3-13(14-8-9-22-11-14)10-17(12)19-23(20,21)16-6-4-15(18)5-7-16/h2-11,19H,18H2,1H3. The summed E-state index contributed by atoms with van der Waals surface area (Å²) >= 11 is 1.61. The number of nitrogens with two attached hydrogens (primary N) is 1. The molecule has 0 aliphatic heterocycles. The molecule has 0 bridgehead atoms. The highest BCUT2D eigenvalue weighted by Crippen LogP contribution is 2.28. The summed E-state index contributed by atoms with van der Waals surface area (Å²) in [7, 11) is -3.64. The van der Waals surface area contributed by atoms with Crippen molar-refractivity contribution in [2.75, 3.05) is 10.5 Å². The van der Waals surface area contributed by atoms with Gasteiger partial charge in [-0.1, -0.05) is 12.1 Å². The minimum absolute atomic E-state index is 0.187. The Morgan fingerprint density at radius 2 is 1.74 bits per heavy atom. The molecule has 0 atom stereocenters. The van der Waals surface area contributed by atoms with Gasteiger partial charge in [0.1, 0.15) is 0 Å². The molecule has 3 N–H and O–H groups in total. The first-order chi connectivity index (χ1) is 11.0. The number of hydrogen-bond donors (Lipinski definition) is 2. The van der Waals surface area contributed by atoms with Gasteiger partial charge in [0.25, 0.3) is 10.0 Å². The van der Waals surface area contributed by atoms with E-state index in [0.717, 1.165) is 16.7 Å². The van der Waals surface area contributed by atoms with Crippen LogP contribution < -0.4 is 10.5 Å². The summed E-state index contributed by atoms with van der Waals surface area (Å²) in [6.45, 7) is 1.87. The van der Waals surface area contributed by atoms with Gasteiger partial charge in [0, 0.05) is 5.69 Å². The van der Waals surface area contributed by atoms with Gasteiger partial charge in [0.2, 0.25) is 0 Å². The Hall–Kier alpha value is -2.31. The van der Waals surface area contributed by atoms with E-state index in [0.29, 0.717) is 11.4 Å². The van der Waals surface area contributed by atoms with Crippen LogP contribution in [0.15, 0.2) is 64.2 Å². The highest BCUT2D eigenvalue weighted by atomic mass is 32.2. The van der Waals surface area contributed by atoms with E-state index in [9.17, 15) is 8.42 Å². The molecular formula is C17H16N2O2S2. The Balaban J connectivity index is 1.96. The van der Waals surface area contributed by atoms with E-state index in [4.69, 9.17) is 5.73 Å². The zero-order valence-corrected chi connectivity index (χ0v) is 14.1. The van der Waals surface area contributed by atoms with Gasteiger partial charge >= 0.3 is 0 Å². The van der Waals surface area contributed by atoms with E-state index in [-0.39, 0.29) is 4.90 Å². The fraction of sp³-hybridized carbons (Fsp3) is 0.0588. The van der Waals surface area contributed by atoms with Gasteiger partial charge in [-0.3, -0.25) is 4.72 Å². The predicted molar refractivity (Wildman–Crippen MR) is 96.2 cm³/mol. The molecule has 23 heavy (non-hydrogen) atoms. The Kier molecular flexibility index (Phi) is 4.11. The van der Waals surface area contributed by atoms with Gasteiger partial charge in [0.05, 0.1) is 10.6 Å². The number of nitrogens with one attached hydrogen (secondary N) is 1. The maximum absolute atomic E-state index is 12.5. The predicted octanol–water partition coefficient (Wildman–Crippen LogP) is 4.11. The summed E-state index contributed by atoms with van der Waals surface area (Å²) in [5.41, 5.74) is 9.62. The number of sulfonamides is 1. The normalized spacial score (nSPS) is 11.3. The average molecular weight is 344 g/mol. The first kappa shape index (κ1) is 15.6. The summed E-state index contributed by atoms with van der Waals surface area (Å²) in [6.07, 6.45) is 0. The van der Waals surface area contributed by atoms with Crippen molar-refractivity contribution in [2.24, 2.45) is 0 Å². The number of thiophene rings is 1. The van der Waals surface area contributed by atoms with E-state index >= 15 is 0 Å². The molecule has 2 aromatic carbocycles. The Morgan fingerprint density at radius 1 is 1.00 bits per heavy atom. The molecule has 1 heterocycles. The third-order valence-electron chi connectivity index (χ3n) is 3.53. The molecule has 118 valence electrons. The third-order valence-corrected chi connectivity index (χ3v) is 5.59. The van der Waals surface area contributed by atoms with E-state index in [1.54, 1.807) is 23.5 Å². The second-order valence-electron chi connectivity index (χ2n) is 5.22. The van der Waals surface area contributed by atoms with Gasteiger partial charge in [-0.15, -0.1) is 0 Å². The molecule has 0 saturated heterocycles. The number of anilines is 2. The summed E-state index contributed by atoms with van der Waals surface area (Å²) < 4.78 is 27.7. The molecule has 0 spiro atoms. The first-order valence-electron chi connectivity index (χ1n) is 6.97. The van der Waals surface area contributed by atoms with E-state index in [2.05, 4.69) is 4.72 Å². The molecule has 0 aliphatic carbocycles. The summed E-state index contributed by atoms with van der Waals surface area (Å²) in [5, 5.41) is 4.02. The zero-order valence-electron chi connectivity index (χ0n) is 12.5.